The molecule has 1 saturated heterocycles. The summed E-state index contributed by atoms with van der Waals surface area (Å²) in [6.07, 6.45) is -0.0814. The van der Waals surface area contributed by atoms with Crippen LogP contribution in [0, 0.1) is 11.6 Å². The van der Waals surface area contributed by atoms with E-state index >= 15 is 0 Å². The molecule has 1 heterocycles. The molecule has 1 nitrogen and oxygen atoms in total. The van der Waals surface area contributed by atoms with Crippen molar-refractivity contribution in [3.63, 3.8) is 0 Å². The van der Waals surface area contributed by atoms with Crippen molar-refractivity contribution in [1.29, 1.82) is 0 Å². The number of rotatable bonds is 2. The van der Waals surface area contributed by atoms with E-state index in [-0.39, 0.29) is 23.8 Å². The van der Waals surface area contributed by atoms with E-state index in [2.05, 4.69) is 0 Å². The molecule has 3 rings (SSSR count). The average Bonchev–Trinajstić information content (AvgIpc) is 3.11. The van der Waals surface area contributed by atoms with Crippen molar-refractivity contribution in [2.75, 3.05) is 0 Å². The smallest absolute Gasteiger partial charge is 0.123 e. The first-order valence-electron chi connectivity index (χ1n) is 5.40. The second-order valence-electron chi connectivity index (χ2n) is 4.08. The second kappa shape index (κ2) is 3.93. The third kappa shape index (κ3) is 2.06. The zero-order valence-corrected chi connectivity index (χ0v) is 8.94. The Hall–Kier alpha value is -1.74. The van der Waals surface area contributed by atoms with Gasteiger partial charge in [0.25, 0.3) is 0 Å². The van der Waals surface area contributed by atoms with Crippen LogP contribution in [-0.2, 0) is 4.74 Å². The van der Waals surface area contributed by atoms with Crippen LogP contribution in [0.25, 0.3) is 0 Å². The zero-order chi connectivity index (χ0) is 11.8. The minimum atomic E-state index is -0.257. The molecule has 0 saturated carbocycles. The highest BCUT2D eigenvalue weighted by atomic mass is 19.1. The van der Waals surface area contributed by atoms with Crippen LogP contribution in [0.2, 0.25) is 0 Å². The summed E-state index contributed by atoms with van der Waals surface area (Å²) in [4.78, 5) is 0. The van der Waals surface area contributed by atoms with E-state index in [0.29, 0.717) is 0 Å². The van der Waals surface area contributed by atoms with Gasteiger partial charge in [0.1, 0.15) is 23.8 Å². The number of epoxide rings is 1. The maximum atomic E-state index is 12.8. The fourth-order valence-electron chi connectivity index (χ4n) is 1.92. The summed E-state index contributed by atoms with van der Waals surface area (Å²) in [7, 11) is 0. The van der Waals surface area contributed by atoms with Gasteiger partial charge in [0.15, 0.2) is 0 Å². The second-order valence-corrected chi connectivity index (χ2v) is 4.08. The molecular weight excluding hydrogens is 222 g/mol. The van der Waals surface area contributed by atoms with Crippen molar-refractivity contribution < 1.29 is 13.5 Å². The van der Waals surface area contributed by atoms with Crippen LogP contribution < -0.4 is 0 Å². The molecule has 0 amide bonds. The van der Waals surface area contributed by atoms with Crippen LogP contribution in [0.3, 0.4) is 0 Å². The summed E-state index contributed by atoms with van der Waals surface area (Å²) in [5.74, 6) is -0.513. The molecule has 0 bridgehead atoms. The van der Waals surface area contributed by atoms with Crippen LogP contribution in [0.4, 0.5) is 8.78 Å². The first-order chi connectivity index (χ1) is 8.24. The summed E-state index contributed by atoms with van der Waals surface area (Å²) in [6, 6.07) is 12.5. The lowest BCUT2D eigenvalue weighted by Gasteiger charge is -1.97. The SMILES string of the molecule is Fc1ccc([C@@H]2O[C@H]2c2ccc(F)cc2)cc1. The molecule has 2 aromatic rings. The highest BCUT2D eigenvalue weighted by Crippen LogP contribution is 2.50. The molecule has 17 heavy (non-hydrogen) atoms. The Balaban J connectivity index is 1.78. The quantitative estimate of drug-likeness (QED) is 0.718. The molecular formula is C14H10F2O. The first-order valence-corrected chi connectivity index (χ1v) is 5.40. The number of hydrogen-bond donors (Lipinski definition) is 0. The van der Waals surface area contributed by atoms with E-state index in [1.165, 1.54) is 24.3 Å². The number of ether oxygens (including phenoxy) is 1. The Morgan fingerprint density at radius 2 is 1.00 bits per heavy atom. The van der Waals surface area contributed by atoms with E-state index in [0.717, 1.165) is 11.1 Å². The highest BCUT2D eigenvalue weighted by Gasteiger charge is 2.41. The fourth-order valence-corrected chi connectivity index (χ4v) is 1.92. The minimum Gasteiger partial charge on any atom is -0.359 e. The van der Waals surface area contributed by atoms with Gasteiger partial charge in [0.2, 0.25) is 0 Å². The molecule has 3 heteroatoms. The van der Waals surface area contributed by atoms with Crippen LogP contribution in [0.1, 0.15) is 23.3 Å². The maximum absolute atomic E-state index is 12.8. The molecule has 0 spiro atoms. The molecule has 1 aliphatic rings. The Morgan fingerprint density at radius 1 is 0.647 bits per heavy atom. The predicted molar refractivity (Wildman–Crippen MR) is 59.4 cm³/mol. The van der Waals surface area contributed by atoms with E-state index in [4.69, 9.17) is 4.74 Å². The van der Waals surface area contributed by atoms with E-state index < -0.39 is 0 Å². The van der Waals surface area contributed by atoms with Crippen molar-refractivity contribution in [2.24, 2.45) is 0 Å². The van der Waals surface area contributed by atoms with Gasteiger partial charge in [-0.05, 0) is 35.4 Å². The van der Waals surface area contributed by atoms with E-state index in [9.17, 15) is 8.78 Å². The predicted octanol–water partition coefficient (Wildman–Crippen LogP) is 3.78. The Kier molecular flexibility index (Phi) is 2.41. The van der Waals surface area contributed by atoms with Gasteiger partial charge >= 0.3 is 0 Å². The molecule has 0 radical (unpaired) electrons. The molecule has 1 fully saturated rings. The summed E-state index contributed by atoms with van der Waals surface area (Å²) >= 11 is 0. The third-order valence-electron chi connectivity index (χ3n) is 2.89. The molecule has 0 N–H and O–H groups in total. The lowest BCUT2D eigenvalue weighted by molar-refractivity contribution is 0.377. The van der Waals surface area contributed by atoms with Crippen LogP contribution >= 0.6 is 0 Å². The van der Waals surface area contributed by atoms with Gasteiger partial charge in [-0.3, -0.25) is 0 Å². The Bertz CT molecular complexity index is 469. The minimum absolute atomic E-state index is 0.0407. The van der Waals surface area contributed by atoms with E-state index in [1.807, 2.05) is 0 Å². The summed E-state index contributed by atoms with van der Waals surface area (Å²) in [5.41, 5.74) is 1.89. The first kappa shape index (κ1) is 10.4. The Labute approximate surface area is 97.7 Å². The molecule has 2 aromatic carbocycles. The van der Waals surface area contributed by atoms with Gasteiger partial charge in [-0.1, -0.05) is 24.3 Å². The molecule has 1 aliphatic heterocycles. The third-order valence-corrected chi connectivity index (χ3v) is 2.89. The standard InChI is InChI=1S/C14H10F2O/c15-11-5-1-9(2-6-11)13-14(17-13)10-3-7-12(16)8-4-10/h1-8,13-14H/t13-,14-/m0/s1. The van der Waals surface area contributed by atoms with Gasteiger partial charge in [-0.2, -0.15) is 0 Å². The van der Waals surface area contributed by atoms with Crippen molar-refractivity contribution >= 4 is 0 Å². The molecule has 0 aliphatic carbocycles. The average molecular weight is 232 g/mol. The molecule has 2 atom stereocenters. The zero-order valence-electron chi connectivity index (χ0n) is 8.94. The van der Waals surface area contributed by atoms with Crippen LogP contribution in [0.5, 0.6) is 0 Å². The number of benzene rings is 2. The maximum Gasteiger partial charge on any atom is 0.123 e. The van der Waals surface area contributed by atoms with Crippen molar-refractivity contribution in [1.82, 2.24) is 0 Å². The number of hydrogen-bond acceptors (Lipinski definition) is 1. The van der Waals surface area contributed by atoms with Gasteiger partial charge in [0.05, 0.1) is 0 Å². The van der Waals surface area contributed by atoms with Crippen LogP contribution in [-0.4, -0.2) is 0 Å². The fraction of sp³-hybridized carbons (Fsp3) is 0.143. The highest BCUT2D eigenvalue weighted by molar-refractivity contribution is 5.30. The Morgan fingerprint density at radius 3 is 1.35 bits per heavy atom. The van der Waals surface area contributed by atoms with E-state index in [1.54, 1.807) is 24.3 Å². The summed E-state index contributed by atoms with van der Waals surface area (Å²) < 4.78 is 31.0. The summed E-state index contributed by atoms with van der Waals surface area (Å²) in [5, 5.41) is 0. The molecule has 0 unspecified atom stereocenters. The van der Waals surface area contributed by atoms with Gasteiger partial charge in [-0.25, -0.2) is 8.78 Å². The van der Waals surface area contributed by atoms with Gasteiger partial charge in [0, 0.05) is 0 Å². The van der Waals surface area contributed by atoms with Crippen molar-refractivity contribution in [3.8, 4) is 0 Å². The lowest BCUT2D eigenvalue weighted by Crippen LogP contribution is -1.85. The largest absolute Gasteiger partial charge is 0.359 e. The number of halogens is 2. The van der Waals surface area contributed by atoms with Crippen molar-refractivity contribution in [2.45, 2.75) is 12.2 Å². The topological polar surface area (TPSA) is 12.5 Å². The lowest BCUT2D eigenvalue weighted by atomic mass is 10.0. The van der Waals surface area contributed by atoms with Gasteiger partial charge in [-0.15, -0.1) is 0 Å². The normalized spacial score (nSPS) is 22.5. The molecule has 86 valence electrons. The molecule has 0 aromatic heterocycles. The van der Waals surface area contributed by atoms with Crippen LogP contribution in [0.15, 0.2) is 48.5 Å². The van der Waals surface area contributed by atoms with Crippen molar-refractivity contribution in [3.05, 3.63) is 71.3 Å². The summed E-state index contributed by atoms with van der Waals surface area (Å²) in [6.45, 7) is 0. The monoisotopic (exact) mass is 232 g/mol. The van der Waals surface area contributed by atoms with Gasteiger partial charge < -0.3 is 4.74 Å².